The van der Waals surface area contributed by atoms with Crippen LogP contribution in [-0.4, -0.2) is 45.1 Å². The third-order valence-corrected chi connectivity index (χ3v) is 2.38. The zero-order chi connectivity index (χ0) is 10.7. The molecule has 1 amide bonds. The van der Waals surface area contributed by atoms with Gasteiger partial charge in [-0.15, -0.1) is 5.10 Å². The number of aromatic nitrogens is 2. The number of rotatable bonds is 3. The minimum Gasteiger partial charge on any atom is -0.480 e. The highest BCUT2D eigenvalue weighted by Gasteiger charge is 2.18. The molecule has 1 heterocycles. The Morgan fingerprint density at radius 3 is 2.64 bits per heavy atom. The monoisotopic (exact) mass is 215 g/mol. The van der Waals surface area contributed by atoms with E-state index in [0.29, 0.717) is 10.6 Å². The second kappa shape index (κ2) is 4.14. The molecule has 0 aliphatic rings. The molecule has 1 rings (SSSR count). The average Bonchev–Trinajstić information content (AvgIpc) is 2.48. The van der Waals surface area contributed by atoms with E-state index in [1.807, 2.05) is 0 Å². The zero-order valence-electron chi connectivity index (χ0n) is 7.72. The van der Waals surface area contributed by atoms with Crippen molar-refractivity contribution in [2.45, 2.75) is 6.92 Å². The summed E-state index contributed by atoms with van der Waals surface area (Å²) in [5.41, 5.74) is 0.525. The lowest BCUT2D eigenvalue weighted by molar-refractivity contribution is -0.137. The molecule has 7 heteroatoms. The normalized spacial score (nSPS) is 9.86. The van der Waals surface area contributed by atoms with Gasteiger partial charge in [-0.05, 0) is 18.5 Å². The molecule has 76 valence electrons. The van der Waals surface area contributed by atoms with Gasteiger partial charge in [0.2, 0.25) is 0 Å². The van der Waals surface area contributed by atoms with Crippen molar-refractivity contribution in [1.82, 2.24) is 14.5 Å². The molecule has 1 aromatic rings. The number of aryl methyl sites for hydroxylation is 1. The maximum atomic E-state index is 11.6. The molecule has 1 N–H and O–H groups in total. The average molecular weight is 215 g/mol. The molecule has 0 saturated carbocycles. The first-order valence-corrected chi connectivity index (χ1v) is 4.56. The standard InChI is InChI=1S/C7H9N3O3S/c1-4-6(14-9-8-4)7(13)10(2)3-5(11)12/h3H2,1-2H3,(H,11,12). The number of carboxylic acid groups (broad SMARTS) is 1. The van der Waals surface area contributed by atoms with E-state index in [1.165, 1.54) is 7.05 Å². The van der Waals surface area contributed by atoms with Crippen LogP contribution >= 0.6 is 11.5 Å². The number of likely N-dealkylation sites (N-methyl/N-ethyl adjacent to an activating group) is 1. The van der Waals surface area contributed by atoms with Gasteiger partial charge in [0, 0.05) is 7.05 Å². The van der Waals surface area contributed by atoms with E-state index < -0.39 is 5.97 Å². The molecule has 0 atom stereocenters. The Bertz CT molecular complexity index is 363. The predicted molar refractivity (Wildman–Crippen MR) is 49.2 cm³/mol. The molecule has 14 heavy (non-hydrogen) atoms. The fourth-order valence-electron chi connectivity index (χ4n) is 0.876. The van der Waals surface area contributed by atoms with Crippen molar-refractivity contribution in [2.24, 2.45) is 0 Å². The van der Waals surface area contributed by atoms with Crippen LogP contribution in [0.5, 0.6) is 0 Å². The van der Waals surface area contributed by atoms with Crippen molar-refractivity contribution in [2.75, 3.05) is 13.6 Å². The van der Waals surface area contributed by atoms with Gasteiger partial charge in [0.05, 0.1) is 5.69 Å². The van der Waals surface area contributed by atoms with E-state index in [-0.39, 0.29) is 12.5 Å². The van der Waals surface area contributed by atoms with Crippen molar-refractivity contribution in [3.63, 3.8) is 0 Å². The number of carboxylic acids is 1. The zero-order valence-corrected chi connectivity index (χ0v) is 8.54. The Labute approximate surface area is 84.3 Å². The second-order valence-corrected chi connectivity index (χ2v) is 3.50. The second-order valence-electron chi connectivity index (χ2n) is 2.74. The smallest absolute Gasteiger partial charge is 0.323 e. The molecule has 0 radical (unpaired) electrons. The Morgan fingerprint density at radius 1 is 1.57 bits per heavy atom. The minimum atomic E-state index is -1.05. The van der Waals surface area contributed by atoms with Crippen molar-refractivity contribution in [3.05, 3.63) is 10.6 Å². The van der Waals surface area contributed by atoms with Crippen LogP contribution in [0, 0.1) is 6.92 Å². The van der Waals surface area contributed by atoms with Gasteiger partial charge < -0.3 is 10.0 Å². The summed E-state index contributed by atoms with van der Waals surface area (Å²) in [5.74, 6) is -1.41. The Kier molecular flexibility index (Phi) is 3.13. The van der Waals surface area contributed by atoms with Gasteiger partial charge in [0.15, 0.2) is 0 Å². The van der Waals surface area contributed by atoms with Gasteiger partial charge in [-0.25, -0.2) is 0 Å². The van der Waals surface area contributed by atoms with Gasteiger partial charge in [0.1, 0.15) is 11.4 Å². The Balaban J connectivity index is 2.76. The van der Waals surface area contributed by atoms with Crippen LogP contribution in [0.2, 0.25) is 0 Å². The van der Waals surface area contributed by atoms with Gasteiger partial charge in [0.25, 0.3) is 5.91 Å². The quantitative estimate of drug-likeness (QED) is 0.767. The highest BCUT2D eigenvalue weighted by molar-refractivity contribution is 7.07. The highest BCUT2D eigenvalue weighted by Crippen LogP contribution is 2.11. The topological polar surface area (TPSA) is 83.4 Å². The van der Waals surface area contributed by atoms with E-state index in [9.17, 15) is 9.59 Å². The van der Waals surface area contributed by atoms with Crippen LogP contribution in [0.3, 0.4) is 0 Å². The van der Waals surface area contributed by atoms with Crippen LogP contribution in [0.25, 0.3) is 0 Å². The van der Waals surface area contributed by atoms with E-state index in [4.69, 9.17) is 5.11 Å². The Hall–Kier alpha value is -1.50. The van der Waals surface area contributed by atoms with Gasteiger partial charge in [-0.3, -0.25) is 9.59 Å². The third-order valence-electron chi connectivity index (χ3n) is 1.56. The number of hydrogen-bond donors (Lipinski definition) is 1. The molecular formula is C7H9N3O3S. The highest BCUT2D eigenvalue weighted by atomic mass is 32.1. The van der Waals surface area contributed by atoms with Crippen LogP contribution in [-0.2, 0) is 4.79 Å². The first-order chi connectivity index (χ1) is 6.52. The summed E-state index contributed by atoms with van der Waals surface area (Å²) in [4.78, 5) is 23.4. The summed E-state index contributed by atoms with van der Waals surface area (Å²) in [6.07, 6.45) is 0. The fourth-order valence-corrected chi connectivity index (χ4v) is 1.53. The SMILES string of the molecule is Cc1nnsc1C(=O)N(C)CC(=O)O. The molecule has 0 saturated heterocycles. The molecule has 0 bridgehead atoms. The molecule has 0 spiro atoms. The van der Waals surface area contributed by atoms with Crippen LogP contribution in [0.15, 0.2) is 0 Å². The van der Waals surface area contributed by atoms with Crippen molar-refractivity contribution in [3.8, 4) is 0 Å². The summed E-state index contributed by atoms with van der Waals surface area (Å²) < 4.78 is 3.60. The van der Waals surface area contributed by atoms with E-state index in [1.54, 1.807) is 6.92 Å². The van der Waals surface area contributed by atoms with Crippen LogP contribution in [0.4, 0.5) is 0 Å². The van der Waals surface area contributed by atoms with Crippen molar-refractivity contribution >= 4 is 23.4 Å². The number of carbonyl (C=O) groups excluding carboxylic acids is 1. The molecular weight excluding hydrogens is 206 g/mol. The summed E-state index contributed by atoms with van der Waals surface area (Å²) in [6.45, 7) is 1.33. The van der Waals surface area contributed by atoms with Gasteiger partial charge in [-0.1, -0.05) is 4.49 Å². The lowest BCUT2D eigenvalue weighted by Crippen LogP contribution is -2.31. The summed E-state index contributed by atoms with van der Waals surface area (Å²) in [7, 11) is 1.43. The lowest BCUT2D eigenvalue weighted by Gasteiger charge is -2.12. The van der Waals surface area contributed by atoms with E-state index >= 15 is 0 Å². The lowest BCUT2D eigenvalue weighted by atomic mass is 10.3. The third kappa shape index (κ3) is 2.25. The van der Waals surface area contributed by atoms with Crippen molar-refractivity contribution in [1.29, 1.82) is 0 Å². The van der Waals surface area contributed by atoms with Crippen LogP contribution < -0.4 is 0 Å². The minimum absolute atomic E-state index is 0.323. The van der Waals surface area contributed by atoms with Crippen LogP contribution in [0.1, 0.15) is 15.4 Å². The molecule has 0 aliphatic heterocycles. The largest absolute Gasteiger partial charge is 0.480 e. The predicted octanol–water partition coefficient (Wildman–Crippen LogP) is 0.00312. The summed E-state index contributed by atoms with van der Waals surface area (Å²) in [6, 6.07) is 0. The summed E-state index contributed by atoms with van der Waals surface area (Å²) in [5, 5.41) is 12.2. The number of amides is 1. The molecule has 6 nitrogen and oxygen atoms in total. The van der Waals surface area contributed by atoms with E-state index in [2.05, 4.69) is 9.59 Å². The Morgan fingerprint density at radius 2 is 2.21 bits per heavy atom. The number of nitrogens with zero attached hydrogens (tertiary/aromatic N) is 3. The molecule has 0 unspecified atom stereocenters. The van der Waals surface area contributed by atoms with Gasteiger partial charge >= 0.3 is 5.97 Å². The first-order valence-electron chi connectivity index (χ1n) is 3.78. The van der Waals surface area contributed by atoms with Gasteiger partial charge in [-0.2, -0.15) is 0 Å². The van der Waals surface area contributed by atoms with E-state index in [0.717, 1.165) is 16.4 Å². The number of carbonyl (C=O) groups is 2. The van der Waals surface area contributed by atoms with Crippen molar-refractivity contribution < 1.29 is 14.7 Å². The number of hydrogen-bond acceptors (Lipinski definition) is 5. The molecule has 0 aliphatic carbocycles. The fraction of sp³-hybridized carbons (Fsp3) is 0.429. The molecule has 0 aromatic carbocycles. The molecule has 1 aromatic heterocycles. The first kappa shape index (κ1) is 10.6. The molecule has 0 fully saturated rings. The summed E-state index contributed by atoms with van der Waals surface area (Å²) >= 11 is 0.968. The number of aliphatic carboxylic acids is 1. The maximum absolute atomic E-state index is 11.6. The maximum Gasteiger partial charge on any atom is 0.323 e.